The zero-order valence-corrected chi connectivity index (χ0v) is 30.2. The Morgan fingerprint density at radius 1 is 0.345 bits per heavy atom. The fourth-order valence-electron chi connectivity index (χ4n) is 9.38. The van der Waals surface area contributed by atoms with Gasteiger partial charge in [0.1, 0.15) is 0 Å². The molecule has 0 aliphatic heterocycles. The molecule has 0 bridgehead atoms. The molecule has 2 heteroatoms. The summed E-state index contributed by atoms with van der Waals surface area (Å²) in [5.41, 5.74) is 14.0. The average Bonchev–Trinajstić information content (AvgIpc) is 3.75. The monoisotopic (exact) mass is 700 g/mol. The van der Waals surface area contributed by atoms with Crippen molar-refractivity contribution in [3.05, 3.63) is 241 Å². The highest BCUT2D eigenvalue weighted by molar-refractivity contribution is 6.09. The largest absolute Gasteiger partial charge is 0.310 e. The Balaban J connectivity index is 1.14. The Labute approximate surface area is 320 Å². The lowest BCUT2D eigenvalue weighted by atomic mass is 9.66. The van der Waals surface area contributed by atoms with Crippen LogP contribution in [0, 0.1) is 0 Å². The van der Waals surface area contributed by atoms with Gasteiger partial charge in [-0.1, -0.05) is 158 Å². The van der Waals surface area contributed by atoms with Crippen molar-refractivity contribution in [2.75, 3.05) is 4.90 Å². The molecule has 1 aromatic heterocycles. The molecule has 9 aromatic carbocycles. The van der Waals surface area contributed by atoms with Gasteiger partial charge in [0.25, 0.3) is 0 Å². The topological polar surface area (TPSA) is 8.17 Å². The summed E-state index contributed by atoms with van der Waals surface area (Å²) >= 11 is 0. The van der Waals surface area contributed by atoms with Crippen LogP contribution in [0.4, 0.5) is 17.1 Å². The molecule has 0 radical (unpaired) electrons. The highest BCUT2D eigenvalue weighted by Gasteiger charge is 2.47. The van der Waals surface area contributed by atoms with Gasteiger partial charge in [-0.05, 0) is 105 Å². The van der Waals surface area contributed by atoms with Gasteiger partial charge in [0, 0.05) is 33.5 Å². The van der Waals surface area contributed by atoms with Crippen LogP contribution in [0.3, 0.4) is 0 Å². The van der Waals surface area contributed by atoms with Crippen LogP contribution in [-0.4, -0.2) is 4.57 Å². The zero-order chi connectivity index (χ0) is 36.3. The van der Waals surface area contributed by atoms with Gasteiger partial charge in [-0.15, -0.1) is 0 Å². The summed E-state index contributed by atoms with van der Waals surface area (Å²) in [6.07, 6.45) is 0. The number of benzene rings is 9. The highest BCUT2D eigenvalue weighted by atomic mass is 15.1. The lowest BCUT2D eigenvalue weighted by Gasteiger charge is -2.35. The first-order valence-corrected chi connectivity index (χ1v) is 19.0. The molecular weight excluding hydrogens is 665 g/mol. The van der Waals surface area contributed by atoms with Crippen molar-refractivity contribution in [3.63, 3.8) is 0 Å². The standard InChI is InChI=1S/C53H36N2/c1-3-18-38(19-4-1)53(48-27-15-17-37-16-7-8-22-43(37)48)49-26-12-9-23-44(49)45-35-34-42(36-50(45)53)54(39-20-5-2-6-21-39)40-30-32-41(33-31-40)55-51-28-13-10-24-46(51)47-25-11-14-29-52(47)55/h1-36H. The van der Waals surface area contributed by atoms with Crippen molar-refractivity contribution < 1.29 is 0 Å². The molecule has 0 saturated heterocycles. The van der Waals surface area contributed by atoms with Crippen molar-refractivity contribution in [2.45, 2.75) is 5.41 Å². The Morgan fingerprint density at radius 2 is 0.873 bits per heavy atom. The predicted octanol–water partition coefficient (Wildman–Crippen LogP) is 13.8. The molecule has 1 unspecified atom stereocenters. The van der Waals surface area contributed by atoms with Crippen LogP contribution in [0.5, 0.6) is 0 Å². The van der Waals surface area contributed by atoms with Crippen LogP contribution < -0.4 is 4.90 Å². The summed E-state index contributed by atoms with van der Waals surface area (Å²) in [4.78, 5) is 2.40. The number of anilines is 3. The van der Waals surface area contributed by atoms with E-state index in [2.05, 4.69) is 228 Å². The van der Waals surface area contributed by atoms with Gasteiger partial charge in [-0.25, -0.2) is 0 Å². The van der Waals surface area contributed by atoms with E-state index < -0.39 is 5.41 Å². The van der Waals surface area contributed by atoms with Crippen molar-refractivity contribution in [1.29, 1.82) is 0 Å². The van der Waals surface area contributed by atoms with Gasteiger partial charge in [-0.3, -0.25) is 0 Å². The van der Waals surface area contributed by atoms with E-state index in [0.717, 1.165) is 22.7 Å². The third-order valence-corrected chi connectivity index (χ3v) is 11.6. The summed E-state index contributed by atoms with van der Waals surface area (Å²) in [5, 5.41) is 5.04. The molecule has 0 spiro atoms. The quantitative estimate of drug-likeness (QED) is 0.168. The number of aromatic nitrogens is 1. The van der Waals surface area contributed by atoms with Gasteiger partial charge in [0.2, 0.25) is 0 Å². The van der Waals surface area contributed by atoms with Crippen LogP contribution in [-0.2, 0) is 5.41 Å². The predicted molar refractivity (Wildman–Crippen MR) is 230 cm³/mol. The highest BCUT2D eigenvalue weighted by Crippen LogP contribution is 2.58. The first-order valence-electron chi connectivity index (χ1n) is 19.0. The first-order chi connectivity index (χ1) is 27.3. The maximum atomic E-state index is 2.46. The summed E-state index contributed by atoms with van der Waals surface area (Å²) < 4.78 is 2.38. The fourth-order valence-corrected chi connectivity index (χ4v) is 9.38. The van der Waals surface area contributed by atoms with Crippen molar-refractivity contribution in [3.8, 4) is 16.8 Å². The lowest BCUT2D eigenvalue weighted by Crippen LogP contribution is -2.29. The second kappa shape index (κ2) is 12.5. The van der Waals surface area contributed by atoms with Crippen molar-refractivity contribution in [1.82, 2.24) is 4.57 Å². The minimum atomic E-state index is -0.535. The maximum absolute atomic E-state index is 2.46. The Bertz CT molecular complexity index is 2970. The van der Waals surface area contributed by atoms with E-state index in [-0.39, 0.29) is 0 Å². The normalized spacial score (nSPS) is 14.6. The molecular formula is C53H36N2. The zero-order valence-electron chi connectivity index (χ0n) is 30.2. The summed E-state index contributed by atoms with van der Waals surface area (Å²) in [6.45, 7) is 0. The molecule has 0 amide bonds. The van der Waals surface area contributed by atoms with Gasteiger partial charge in [0.15, 0.2) is 0 Å². The first kappa shape index (κ1) is 31.4. The lowest BCUT2D eigenvalue weighted by molar-refractivity contribution is 0.776. The summed E-state index contributed by atoms with van der Waals surface area (Å²) in [6, 6.07) is 80.1. The van der Waals surface area contributed by atoms with E-state index >= 15 is 0 Å². The number of hydrogen-bond acceptors (Lipinski definition) is 1. The Kier molecular flexibility index (Phi) is 7.11. The van der Waals surface area contributed by atoms with Crippen LogP contribution in [0.2, 0.25) is 0 Å². The third kappa shape index (κ3) is 4.68. The second-order valence-corrected chi connectivity index (χ2v) is 14.5. The van der Waals surface area contributed by atoms with E-state index in [1.165, 1.54) is 66.0 Å². The third-order valence-electron chi connectivity index (χ3n) is 11.6. The smallest absolute Gasteiger partial charge is 0.0720 e. The van der Waals surface area contributed by atoms with Gasteiger partial charge in [0.05, 0.1) is 16.4 Å². The molecule has 0 saturated carbocycles. The fraction of sp³-hybridized carbons (Fsp3) is 0.0189. The number of fused-ring (bicyclic) bond motifs is 7. The Morgan fingerprint density at radius 3 is 1.62 bits per heavy atom. The number of rotatable bonds is 6. The molecule has 1 aliphatic carbocycles. The summed E-state index contributed by atoms with van der Waals surface area (Å²) in [5.74, 6) is 0. The van der Waals surface area contributed by atoms with E-state index in [1.807, 2.05) is 0 Å². The molecule has 55 heavy (non-hydrogen) atoms. The minimum absolute atomic E-state index is 0.535. The molecule has 0 fully saturated rings. The molecule has 1 atom stereocenters. The van der Waals surface area contributed by atoms with E-state index in [9.17, 15) is 0 Å². The maximum Gasteiger partial charge on any atom is 0.0720 e. The number of hydrogen-bond donors (Lipinski definition) is 0. The number of para-hydroxylation sites is 3. The molecule has 258 valence electrons. The molecule has 1 heterocycles. The molecule has 11 rings (SSSR count). The van der Waals surface area contributed by atoms with Crippen LogP contribution in [0.25, 0.3) is 49.4 Å². The van der Waals surface area contributed by atoms with Crippen molar-refractivity contribution >= 4 is 49.6 Å². The SMILES string of the molecule is c1ccc(N(c2ccc(-n3c4ccccc4c4ccccc43)cc2)c2ccc3c(c2)C(c2ccccc2)(c2cccc4ccccc24)c2ccccc2-3)cc1. The molecule has 1 aliphatic rings. The van der Waals surface area contributed by atoms with E-state index in [1.54, 1.807) is 0 Å². The molecule has 10 aromatic rings. The van der Waals surface area contributed by atoms with Crippen LogP contribution in [0.1, 0.15) is 22.3 Å². The minimum Gasteiger partial charge on any atom is -0.310 e. The van der Waals surface area contributed by atoms with Crippen LogP contribution in [0.15, 0.2) is 218 Å². The van der Waals surface area contributed by atoms with Gasteiger partial charge >= 0.3 is 0 Å². The van der Waals surface area contributed by atoms with Crippen LogP contribution >= 0.6 is 0 Å². The van der Waals surface area contributed by atoms with Gasteiger partial charge < -0.3 is 9.47 Å². The Hall–Kier alpha value is -7.16. The second-order valence-electron chi connectivity index (χ2n) is 14.5. The van der Waals surface area contributed by atoms with Gasteiger partial charge in [-0.2, -0.15) is 0 Å². The summed E-state index contributed by atoms with van der Waals surface area (Å²) in [7, 11) is 0. The molecule has 2 nitrogen and oxygen atoms in total. The van der Waals surface area contributed by atoms with Crippen molar-refractivity contribution in [2.24, 2.45) is 0 Å². The molecule has 0 N–H and O–H groups in total. The average molecular weight is 701 g/mol. The van der Waals surface area contributed by atoms with E-state index in [0.29, 0.717) is 0 Å². The number of nitrogens with zero attached hydrogens (tertiary/aromatic N) is 2. The van der Waals surface area contributed by atoms with E-state index in [4.69, 9.17) is 0 Å².